The van der Waals surface area contributed by atoms with Gasteiger partial charge in [0, 0.05) is 16.7 Å². The Kier molecular flexibility index (Phi) is 6.17. The second-order valence-corrected chi connectivity index (χ2v) is 11.5. The number of nitrogens with zero attached hydrogens (tertiary/aromatic N) is 2. The van der Waals surface area contributed by atoms with Gasteiger partial charge in [-0.25, -0.2) is 0 Å². The molecule has 3 heteroatoms. The van der Waals surface area contributed by atoms with Crippen LogP contribution in [0, 0.1) is 0 Å². The van der Waals surface area contributed by atoms with Gasteiger partial charge in [-0.05, 0) is 58.7 Å². The van der Waals surface area contributed by atoms with Gasteiger partial charge in [0.1, 0.15) is 8.22 Å². The topological polar surface area (TPSA) is 6.48 Å². The Balaban J connectivity index is 1.41. The summed E-state index contributed by atoms with van der Waals surface area (Å²) in [4.78, 5) is 0. The van der Waals surface area contributed by atoms with Crippen molar-refractivity contribution in [2.75, 3.05) is 9.34 Å². The molecular weight excluding hydrogens is 491 g/mol. The zero-order chi connectivity index (χ0) is 26.0. The summed E-state index contributed by atoms with van der Waals surface area (Å²) < 4.78 is 5.09. The van der Waals surface area contributed by atoms with Crippen molar-refractivity contribution in [3.63, 3.8) is 0 Å². The van der Waals surface area contributed by atoms with Crippen LogP contribution in [0.15, 0.2) is 164 Å². The molecular formula is C36H27N2P. The van der Waals surface area contributed by atoms with E-state index in [1.54, 1.807) is 0 Å². The third kappa shape index (κ3) is 4.40. The molecule has 2 nitrogen and oxygen atoms in total. The maximum Gasteiger partial charge on any atom is 0.138 e. The van der Waals surface area contributed by atoms with Crippen molar-refractivity contribution in [1.29, 1.82) is 0 Å². The number of benzene rings is 6. The summed E-state index contributed by atoms with van der Waals surface area (Å²) in [7, 11) is -0.942. The van der Waals surface area contributed by atoms with Gasteiger partial charge in [-0.2, -0.15) is 0 Å². The lowest BCUT2D eigenvalue weighted by atomic mass is 10.0. The molecule has 186 valence electrons. The molecule has 6 aromatic carbocycles. The van der Waals surface area contributed by atoms with Crippen LogP contribution < -0.4 is 14.6 Å². The molecule has 1 heterocycles. The molecule has 0 unspecified atom stereocenters. The van der Waals surface area contributed by atoms with Crippen molar-refractivity contribution in [2.45, 2.75) is 0 Å². The summed E-state index contributed by atoms with van der Waals surface area (Å²) in [6.45, 7) is 0. The van der Waals surface area contributed by atoms with Crippen LogP contribution in [-0.2, 0) is 0 Å². The van der Waals surface area contributed by atoms with Crippen LogP contribution in [-0.4, -0.2) is 0 Å². The van der Waals surface area contributed by atoms with Crippen LogP contribution in [0.1, 0.15) is 0 Å². The van der Waals surface area contributed by atoms with Gasteiger partial charge in [0.2, 0.25) is 0 Å². The monoisotopic (exact) mass is 518 g/mol. The van der Waals surface area contributed by atoms with Crippen LogP contribution in [0.3, 0.4) is 0 Å². The van der Waals surface area contributed by atoms with E-state index in [0.717, 1.165) is 0 Å². The molecule has 1 aliphatic heterocycles. The minimum absolute atomic E-state index is 0.942. The number of fused-ring (bicyclic) bond motifs is 1. The van der Waals surface area contributed by atoms with Crippen molar-refractivity contribution >= 4 is 36.3 Å². The molecule has 0 aromatic heterocycles. The number of anilines is 4. The average molecular weight is 519 g/mol. The Bertz CT molecular complexity index is 1610. The summed E-state index contributed by atoms with van der Waals surface area (Å²) in [6.07, 6.45) is 0. The zero-order valence-electron chi connectivity index (χ0n) is 21.4. The van der Waals surface area contributed by atoms with Crippen molar-refractivity contribution < 1.29 is 0 Å². The minimum atomic E-state index is -0.942. The van der Waals surface area contributed by atoms with E-state index < -0.39 is 8.22 Å². The molecule has 0 fully saturated rings. The highest BCUT2D eigenvalue weighted by atomic mass is 31.1. The Morgan fingerprint density at radius 3 is 1.18 bits per heavy atom. The maximum atomic E-state index is 2.54. The lowest BCUT2D eigenvalue weighted by Crippen LogP contribution is -2.22. The van der Waals surface area contributed by atoms with Gasteiger partial charge in [0.15, 0.2) is 0 Å². The fourth-order valence-corrected chi connectivity index (χ4v) is 7.81. The van der Waals surface area contributed by atoms with E-state index in [9.17, 15) is 0 Å². The molecule has 0 bridgehead atoms. The largest absolute Gasteiger partial charge is 0.296 e. The molecule has 0 aliphatic carbocycles. The van der Waals surface area contributed by atoms with Crippen LogP contribution in [0.5, 0.6) is 0 Å². The minimum Gasteiger partial charge on any atom is -0.296 e. The molecule has 0 saturated heterocycles. The Hall–Kier alpha value is -4.65. The van der Waals surface area contributed by atoms with Gasteiger partial charge >= 0.3 is 0 Å². The normalized spacial score (nSPS) is 12.9. The van der Waals surface area contributed by atoms with Gasteiger partial charge in [0.25, 0.3) is 0 Å². The molecule has 6 aromatic rings. The zero-order valence-corrected chi connectivity index (χ0v) is 22.3. The fraction of sp³-hybridized carbons (Fsp3) is 0. The molecule has 0 amide bonds. The summed E-state index contributed by atoms with van der Waals surface area (Å²) in [6, 6.07) is 58.9. The lowest BCUT2D eigenvalue weighted by Gasteiger charge is -2.33. The number of rotatable bonds is 5. The molecule has 1 aliphatic rings. The molecule has 0 saturated carbocycles. The Morgan fingerprint density at radius 2 is 0.718 bits per heavy atom. The number of para-hydroxylation sites is 2. The number of hydrogen-bond donors (Lipinski definition) is 0. The second-order valence-electron chi connectivity index (χ2n) is 9.57. The first kappa shape index (κ1) is 23.5. The van der Waals surface area contributed by atoms with Gasteiger partial charge in [-0.3, -0.25) is 9.34 Å². The predicted octanol–water partition coefficient (Wildman–Crippen LogP) is 9.95. The van der Waals surface area contributed by atoms with Crippen molar-refractivity contribution in [1.82, 2.24) is 0 Å². The highest BCUT2D eigenvalue weighted by Crippen LogP contribution is 2.65. The standard InChI is InChI=1S/C36H27N2P/c1-4-14-28(15-5-1)30-18-12-20-32(26-30)37-35-24-10-11-25-36(35)38(39(37)34-22-8-3-9-23-34)33-21-13-19-31(27-33)29-16-6-2-7-17-29/h1-27H. The van der Waals surface area contributed by atoms with E-state index in [2.05, 4.69) is 173 Å². The predicted molar refractivity (Wildman–Crippen MR) is 167 cm³/mol. The molecule has 0 spiro atoms. The first-order chi connectivity index (χ1) is 19.4. The van der Waals surface area contributed by atoms with Crippen molar-refractivity contribution in [3.8, 4) is 22.3 Å². The molecule has 0 radical (unpaired) electrons. The van der Waals surface area contributed by atoms with Gasteiger partial charge in [0.05, 0.1) is 11.4 Å². The highest BCUT2D eigenvalue weighted by Gasteiger charge is 2.39. The Labute approximate surface area is 231 Å². The fourth-order valence-electron chi connectivity index (χ4n) is 5.30. The molecule has 0 atom stereocenters. The first-order valence-electron chi connectivity index (χ1n) is 13.2. The summed E-state index contributed by atoms with van der Waals surface area (Å²) in [5.41, 5.74) is 9.73. The first-order valence-corrected chi connectivity index (χ1v) is 14.5. The molecule has 7 rings (SSSR count). The van der Waals surface area contributed by atoms with E-state index in [1.807, 2.05) is 0 Å². The van der Waals surface area contributed by atoms with E-state index in [0.29, 0.717) is 0 Å². The van der Waals surface area contributed by atoms with Crippen LogP contribution in [0.25, 0.3) is 22.3 Å². The number of hydrogen-bond acceptors (Lipinski definition) is 2. The molecule has 39 heavy (non-hydrogen) atoms. The van der Waals surface area contributed by atoms with Gasteiger partial charge < -0.3 is 0 Å². The Morgan fingerprint density at radius 1 is 0.333 bits per heavy atom. The SMILES string of the molecule is c1ccc(-c2cccc(N3c4ccccc4N(c4cccc(-c5ccccc5)c4)P3c3ccccc3)c2)cc1. The van der Waals surface area contributed by atoms with Crippen LogP contribution in [0.4, 0.5) is 22.7 Å². The van der Waals surface area contributed by atoms with E-state index >= 15 is 0 Å². The van der Waals surface area contributed by atoms with Gasteiger partial charge in [-0.1, -0.05) is 127 Å². The average Bonchev–Trinajstić information content (AvgIpc) is 3.38. The van der Waals surface area contributed by atoms with Crippen molar-refractivity contribution in [3.05, 3.63) is 164 Å². The van der Waals surface area contributed by atoms with E-state index in [-0.39, 0.29) is 0 Å². The van der Waals surface area contributed by atoms with E-state index in [4.69, 9.17) is 0 Å². The quantitative estimate of drug-likeness (QED) is 0.210. The molecule has 0 N–H and O–H groups in total. The smallest absolute Gasteiger partial charge is 0.138 e. The summed E-state index contributed by atoms with van der Waals surface area (Å²) >= 11 is 0. The third-order valence-electron chi connectivity index (χ3n) is 7.10. The summed E-state index contributed by atoms with van der Waals surface area (Å²) in [5.74, 6) is 0. The highest BCUT2D eigenvalue weighted by molar-refractivity contribution is 7.70. The van der Waals surface area contributed by atoms with E-state index in [1.165, 1.54) is 50.3 Å². The van der Waals surface area contributed by atoms with Gasteiger partial charge in [-0.15, -0.1) is 0 Å². The van der Waals surface area contributed by atoms with Crippen molar-refractivity contribution in [2.24, 2.45) is 0 Å². The van der Waals surface area contributed by atoms with Crippen LogP contribution >= 0.6 is 8.22 Å². The van der Waals surface area contributed by atoms with Crippen LogP contribution in [0.2, 0.25) is 0 Å². The maximum absolute atomic E-state index is 2.54. The lowest BCUT2D eigenvalue weighted by molar-refractivity contribution is 1.44. The summed E-state index contributed by atoms with van der Waals surface area (Å²) in [5, 5.41) is 1.30. The third-order valence-corrected chi connectivity index (χ3v) is 9.51. The second kappa shape index (κ2) is 10.3.